The predicted molar refractivity (Wildman–Crippen MR) is 505 cm³/mol. The summed E-state index contributed by atoms with van der Waals surface area (Å²) in [5, 5.41) is 0. The Morgan fingerprint density at radius 2 is 0.835 bits per heavy atom. The zero-order valence-corrected chi connectivity index (χ0v) is 79.7. The monoisotopic (exact) mass is 1570 g/mol. The first-order valence-corrected chi connectivity index (χ1v) is 43.0. The quantitative estimate of drug-likeness (QED) is 0.0500. The van der Waals surface area contributed by atoms with Gasteiger partial charge in [-0.1, -0.05) is 95.9 Å². The van der Waals surface area contributed by atoms with Gasteiger partial charge in [-0.15, -0.1) is 0 Å². The number of nitrogens with one attached hydrogen (secondary N) is 10. The molecule has 13 heterocycles. The molecule has 13 nitrogen and oxygen atoms in total. The molecule has 13 aromatic rings. The van der Waals surface area contributed by atoms with Crippen LogP contribution in [0.3, 0.4) is 0 Å². The molecule has 0 amide bonds. The molecular formula is C102H165N13. The molecule has 0 aromatic carbocycles. The summed E-state index contributed by atoms with van der Waals surface area (Å²) in [6, 6.07) is 21.5. The molecule has 0 unspecified atom stereocenters. The molecule has 13 aromatic heterocycles. The van der Waals surface area contributed by atoms with Gasteiger partial charge in [0, 0.05) is 174 Å². The second-order valence-corrected chi connectivity index (χ2v) is 31.6. The van der Waals surface area contributed by atoms with Crippen molar-refractivity contribution in [2.45, 2.75) is 325 Å². The van der Waals surface area contributed by atoms with Gasteiger partial charge >= 0.3 is 0 Å². The van der Waals surface area contributed by atoms with Crippen molar-refractivity contribution in [2.24, 2.45) is 14.1 Å². The molecule has 0 atom stereocenters. The highest BCUT2D eigenvalue weighted by Crippen LogP contribution is 2.18. The summed E-state index contributed by atoms with van der Waals surface area (Å²) < 4.78 is 6.58. The fourth-order valence-corrected chi connectivity index (χ4v) is 12.7. The van der Waals surface area contributed by atoms with E-state index in [1.807, 2.05) is 33.2 Å². The minimum atomic E-state index is 0.624. The van der Waals surface area contributed by atoms with Crippen LogP contribution in [-0.2, 0) is 78.4 Å². The summed E-state index contributed by atoms with van der Waals surface area (Å²) in [6.45, 7) is 73.9. The fourth-order valence-electron chi connectivity index (χ4n) is 12.7. The topological polar surface area (TPSA) is 173 Å². The molecule has 0 radical (unpaired) electrons. The van der Waals surface area contributed by atoms with Crippen molar-refractivity contribution in [3.63, 3.8) is 0 Å². The maximum Gasteiger partial charge on any atom is 0.0219 e. The minimum Gasteiger partial charge on any atom is -0.365 e. The lowest BCUT2D eigenvalue weighted by molar-refractivity contribution is 0.665. The van der Waals surface area contributed by atoms with E-state index in [1.54, 1.807) is 0 Å². The van der Waals surface area contributed by atoms with E-state index in [-0.39, 0.29) is 0 Å². The summed E-state index contributed by atoms with van der Waals surface area (Å²) in [5.74, 6) is 0.624. The van der Waals surface area contributed by atoms with Crippen LogP contribution in [0.2, 0.25) is 0 Å². The van der Waals surface area contributed by atoms with Crippen molar-refractivity contribution in [1.29, 1.82) is 0 Å². The number of hydrogen-bond acceptors (Lipinski definition) is 0. The maximum atomic E-state index is 3.31. The van der Waals surface area contributed by atoms with E-state index < -0.39 is 0 Å². The Labute approximate surface area is 701 Å². The van der Waals surface area contributed by atoms with Crippen molar-refractivity contribution in [1.82, 2.24) is 63.5 Å². The van der Waals surface area contributed by atoms with Gasteiger partial charge in [-0.05, 0) is 372 Å². The number of nitrogens with zero attached hydrogens (tertiary/aromatic N) is 3. The van der Waals surface area contributed by atoms with E-state index in [9.17, 15) is 0 Å². The Morgan fingerprint density at radius 1 is 0.313 bits per heavy atom. The highest BCUT2D eigenvalue weighted by Gasteiger charge is 2.06. The lowest BCUT2D eigenvalue weighted by Gasteiger charge is -2.01. The van der Waals surface area contributed by atoms with E-state index in [1.165, 1.54) is 212 Å². The Kier molecular flexibility index (Phi) is 50.5. The SMILES string of the molecule is CCCc1[nH]cc(C)c1C.CCCc1c[nH]c(C)c1C.CCCn1cc(C)cc1C.CCc1c[nH]c(C)c1C.CCc1c[nH]c(CC)c1.CCc1c[nH]c(CC)c1C.CCc1ccc(CC)[nH]1.Cc1c[nH]c(C(C)C)c1.Cc1c[nH]c(C)c1.Cc1cc(C)c(C)[nH]1.Cc1cc(C)n(C)c1.Cc1ccc(C)[nH]1.Cc1cn(C)c(C)c1C. The van der Waals surface area contributed by atoms with Crippen LogP contribution < -0.4 is 0 Å². The van der Waals surface area contributed by atoms with Gasteiger partial charge in [0.2, 0.25) is 0 Å². The van der Waals surface area contributed by atoms with Gasteiger partial charge in [0.15, 0.2) is 0 Å². The smallest absolute Gasteiger partial charge is 0.0219 e. The molecule has 13 rings (SSSR count). The average Bonchev–Trinajstić information content (AvgIpc) is 1.71. The summed E-state index contributed by atoms with van der Waals surface area (Å²) >= 11 is 0. The number of H-pyrrole nitrogens is 10. The number of aromatic nitrogens is 13. The lowest BCUT2D eigenvalue weighted by atomic mass is 10.1. The van der Waals surface area contributed by atoms with Gasteiger partial charge in [0.1, 0.15) is 0 Å². The van der Waals surface area contributed by atoms with Gasteiger partial charge in [-0.25, -0.2) is 0 Å². The Bertz CT molecular complexity index is 4300. The molecule has 0 aliphatic rings. The first-order chi connectivity index (χ1) is 54.3. The van der Waals surface area contributed by atoms with Crippen LogP contribution in [-0.4, -0.2) is 63.5 Å². The van der Waals surface area contributed by atoms with Crippen LogP contribution in [0.25, 0.3) is 0 Å². The molecule has 0 saturated carbocycles. The van der Waals surface area contributed by atoms with E-state index >= 15 is 0 Å². The van der Waals surface area contributed by atoms with Crippen molar-refractivity contribution in [3.05, 3.63) is 303 Å². The van der Waals surface area contributed by atoms with Crippen LogP contribution in [0.1, 0.15) is 288 Å². The summed E-state index contributed by atoms with van der Waals surface area (Å²) in [7, 11) is 4.14. The maximum absolute atomic E-state index is 3.31. The fraction of sp³-hybridized carbons (Fsp3) is 0.490. The van der Waals surface area contributed by atoms with Crippen LogP contribution in [0.4, 0.5) is 0 Å². The van der Waals surface area contributed by atoms with E-state index in [0.717, 1.165) is 51.5 Å². The van der Waals surface area contributed by atoms with Crippen molar-refractivity contribution < 1.29 is 0 Å². The van der Waals surface area contributed by atoms with E-state index in [0.29, 0.717) is 5.92 Å². The zero-order chi connectivity index (χ0) is 87.2. The molecule has 0 bridgehead atoms. The van der Waals surface area contributed by atoms with Gasteiger partial charge in [-0.3, -0.25) is 0 Å². The second kappa shape index (κ2) is 56.0. The van der Waals surface area contributed by atoms with Gasteiger partial charge in [-0.2, -0.15) is 0 Å². The first-order valence-electron chi connectivity index (χ1n) is 43.0. The number of rotatable bonds is 14. The normalized spacial score (nSPS) is 10.1. The second-order valence-electron chi connectivity index (χ2n) is 31.6. The third kappa shape index (κ3) is 39.7. The molecular weight excluding hydrogens is 1410 g/mol. The van der Waals surface area contributed by atoms with Crippen molar-refractivity contribution in [2.75, 3.05) is 0 Å². The molecule has 0 fully saturated rings. The third-order valence-corrected chi connectivity index (χ3v) is 21.2. The predicted octanol–water partition coefficient (Wildman–Crippen LogP) is 27.8. The van der Waals surface area contributed by atoms with Crippen LogP contribution >= 0.6 is 0 Å². The molecule has 0 saturated heterocycles. The summed E-state index contributed by atoms with van der Waals surface area (Å²) in [4.78, 5) is 32.1. The minimum absolute atomic E-state index is 0.624. The van der Waals surface area contributed by atoms with Crippen LogP contribution in [0.5, 0.6) is 0 Å². The molecule has 0 aliphatic heterocycles. The highest BCUT2D eigenvalue weighted by atomic mass is 15.0. The molecule has 115 heavy (non-hydrogen) atoms. The van der Waals surface area contributed by atoms with E-state index in [4.69, 9.17) is 0 Å². The Hall–Kier alpha value is -9.36. The summed E-state index contributed by atoms with van der Waals surface area (Å²) in [5.41, 5.74) is 43.4. The van der Waals surface area contributed by atoms with Crippen molar-refractivity contribution in [3.8, 4) is 0 Å². The zero-order valence-electron chi connectivity index (χ0n) is 79.7. The Morgan fingerprint density at radius 3 is 1.08 bits per heavy atom. The standard InChI is InChI=1S/4C9H15N.5C8H13N.2C7H11N.2C6H9N/c1-4-5-10-7-8(2)6-9(10)3;1-4-5-9-6-10-8(3)7(9)2;1-4-5-9-8(3)7(2)6-10-9;1-4-8-6-10-9(5-2)7(8)3;1-6-5-9(4)8(3)7(6)2;1-6(2)8-4-7(3)5-9-8;1-4-8-5-9-7(3)6(8)2;1-3-7-5-8(4-2)9-6-7;1-3-7-5-6-8(4-2)9-7;1-6-4-7(2)8(3)5-6;1-5-4-6(2)8-7(5)3;1-5-3-6(2)7-4-5;1-5-3-4-6(2)7-5/h6-7H,4-5H2,1-3H3;3*6,10H,4-5H2,1-3H3;5H,1-4H3;4-6,9H,1-3H3;5,9H,4H2,1-3H3;2*5-6,9H,3-4H2,1-2H3;4-5H,1-3H3;4,8H,1-3H3;2*3-4,7H,1-2H3. The highest BCUT2D eigenvalue weighted by molar-refractivity contribution is 5.32. The molecule has 10 N–H and O–H groups in total. The van der Waals surface area contributed by atoms with Crippen LogP contribution in [0, 0.1) is 152 Å². The van der Waals surface area contributed by atoms with Gasteiger partial charge in [0.25, 0.3) is 0 Å². The van der Waals surface area contributed by atoms with Crippen LogP contribution in [0.15, 0.2) is 123 Å². The van der Waals surface area contributed by atoms with E-state index in [2.05, 4.69) is 403 Å². The summed E-state index contributed by atoms with van der Waals surface area (Å²) in [6.07, 6.45) is 34.9. The first kappa shape index (κ1) is 104. The third-order valence-electron chi connectivity index (χ3n) is 21.2. The lowest BCUT2D eigenvalue weighted by Crippen LogP contribution is -1.95. The average molecular weight is 1570 g/mol. The number of aromatic amines is 10. The largest absolute Gasteiger partial charge is 0.365 e. The molecule has 0 aliphatic carbocycles. The molecule has 0 spiro atoms. The molecule has 638 valence electrons. The Balaban J connectivity index is 0.000000624. The van der Waals surface area contributed by atoms with Gasteiger partial charge < -0.3 is 63.5 Å². The number of hydrogen-bond donors (Lipinski definition) is 10. The molecule has 13 heteroatoms. The van der Waals surface area contributed by atoms with Crippen molar-refractivity contribution >= 4 is 0 Å². The van der Waals surface area contributed by atoms with Gasteiger partial charge in [0.05, 0.1) is 0 Å². The number of aryl methyl sites for hydroxylation is 28.